The summed E-state index contributed by atoms with van der Waals surface area (Å²) in [4.78, 5) is 4.37. The predicted molar refractivity (Wildman–Crippen MR) is 142 cm³/mol. The number of fused-ring (bicyclic) bond motifs is 1. The van der Waals surface area contributed by atoms with E-state index in [1.54, 1.807) is 11.1 Å². The average Bonchev–Trinajstić information content (AvgIpc) is 3.37. The first-order valence-electron chi connectivity index (χ1n) is 12.6. The van der Waals surface area contributed by atoms with E-state index in [0.717, 1.165) is 17.4 Å². The van der Waals surface area contributed by atoms with E-state index in [2.05, 4.69) is 40.6 Å². The summed E-state index contributed by atoms with van der Waals surface area (Å²) >= 11 is 1.91. The molecule has 0 amide bonds. The van der Waals surface area contributed by atoms with Crippen LogP contribution in [0.5, 0.6) is 11.5 Å². The van der Waals surface area contributed by atoms with Gasteiger partial charge in [-0.05, 0) is 91.4 Å². The minimum atomic E-state index is -4.67. The second-order valence-electron chi connectivity index (χ2n) is 10.1. The molecule has 6 nitrogen and oxygen atoms in total. The first kappa shape index (κ1) is 25.4. The highest BCUT2D eigenvalue weighted by atomic mass is 32.3. The van der Waals surface area contributed by atoms with Crippen molar-refractivity contribution in [2.75, 3.05) is 13.1 Å². The summed E-state index contributed by atoms with van der Waals surface area (Å²) < 4.78 is 37.8. The van der Waals surface area contributed by atoms with Crippen molar-refractivity contribution < 1.29 is 22.3 Å². The lowest BCUT2D eigenvalue weighted by molar-refractivity contribution is -0.0105. The number of ether oxygens (including phenoxy) is 1. The number of benzene rings is 2. The summed E-state index contributed by atoms with van der Waals surface area (Å²) in [6, 6.07) is 22.4. The van der Waals surface area contributed by atoms with Crippen LogP contribution in [0.25, 0.3) is 0 Å². The second-order valence-corrected chi connectivity index (χ2v) is 12.0. The fraction of sp³-hybridized carbons (Fsp3) is 0.429. The lowest BCUT2D eigenvalue weighted by Gasteiger charge is -2.59. The molecule has 1 aliphatic heterocycles. The number of rotatable bonds is 5. The summed E-state index contributed by atoms with van der Waals surface area (Å²) in [6.45, 7) is 2.46. The summed E-state index contributed by atoms with van der Waals surface area (Å²) in [5.41, 5.74) is 3.55. The predicted octanol–water partition coefficient (Wildman–Crippen LogP) is 6.19. The number of likely N-dealkylation sites (tertiary alicyclic amines) is 1. The van der Waals surface area contributed by atoms with Crippen LogP contribution in [-0.2, 0) is 28.7 Å². The SMILES string of the molecule is O=S(=O)(O)O.c1ccc(Oc2ccc3c(c2)[C@@]24CCCC[C@H]2[C@@H](C3)N(CCc2cccs2)CC4)cc1. The molecule has 0 unspecified atom stereocenters. The summed E-state index contributed by atoms with van der Waals surface area (Å²) in [5.74, 6) is 2.73. The molecule has 1 saturated heterocycles. The standard InChI is InChI=1S/C28H31NOS.H2O4S/c1-2-7-22(8-3-1)30-23-12-11-21-19-27-25-10-4-5-14-28(25,26(21)20-23)15-17-29(27)16-13-24-9-6-18-31-24;1-5(2,3)4/h1-3,6-9,11-12,18,20,25,27H,4-5,10,13-17,19H2;(H2,1,2,3,4)/t25-,27+,28+;/m0./s1. The van der Waals surface area contributed by atoms with E-state index >= 15 is 0 Å². The molecule has 2 fully saturated rings. The third-order valence-corrected chi connectivity index (χ3v) is 9.06. The number of hydrogen-bond donors (Lipinski definition) is 2. The van der Waals surface area contributed by atoms with Gasteiger partial charge in [0.1, 0.15) is 11.5 Å². The van der Waals surface area contributed by atoms with Crippen LogP contribution in [0.1, 0.15) is 48.1 Å². The maximum atomic E-state index is 8.74. The van der Waals surface area contributed by atoms with Crippen LogP contribution in [0.2, 0.25) is 0 Å². The Balaban J connectivity index is 0.000000489. The third-order valence-electron chi connectivity index (χ3n) is 8.13. The quantitative estimate of drug-likeness (QED) is 0.385. The van der Waals surface area contributed by atoms with Crippen LogP contribution in [0, 0.1) is 5.92 Å². The van der Waals surface area contributed by atoms with Gasteiger partial charge in [0.25, 0.3) is 0 Å². The first-order valence-corrected chi connectivity index (χ1v) is 14.9. The van der Waals surface area contributed by atoms with Crippen molar-refractivity contribution >= 4 is 21.7 Å². The fourth-order valence-electron chi connectivity index (χ4n) is 6.74. The molecule has 8 heteroatoms. The fourth-order valence-corrected chi connectivity index (χ4v) is 7.44. The Morgan fingerprint density at radius 2 is 1.81 bits per heavy atom. The van der Waals surface area contributed by atoms with Crippen molar-refractivity contribution in [2.24, 2.45) is 5.92 Å². The molecule has 1 saturated carbocycles. The lowest BCUT2D eigenvalue weighted by atomic mass is 9.52. The molecule has 36 heavy (non-hydrogen) atoms. The van der Waals surface area contributed by atoms with Gasteiger partial charge in [0.15, 0.2) is 0 Å². The van der Waals surface area contributed by atoms with Gasteiger partial charge < -0.3 is 4.74 Å². The summed E-state index contributed by atoms with van der Waals surface area (Å²) in [6.07, 6.45) is 9.24. The zero-order valence-electron chi connectivity index (χ0n) is 20.3. The zero-order valence-corrected chi connectivity index (χ0v) is 21.9. The van der Waals surface area contributed by atoms with Gasteiger partial charge >= 0.3 is 10.4 Å². The minimum absolute atomic E-state index is 0.367. The molecule has 3 aromatic rings. The van der Waals surface area contributed by atoms with Gasteiger partial charge in [-0.2, -0.15) is 8.42 Å². The third kappa shape index (κ3) is 5.68. The Kier molecular flexibility index (Phi) is 7.51. The molecular formula is C28H33NO5S2. The molecule has 2 aromatic carbocycles. The Bertz CT molecular complexity index is 1250. The van der Waals surface area contributed by atoms with E-state index in [-0.39, 0.29) is 0 Å². The summed E-state index contributed by atoms with van der Waals surface area (Å²) in [5, 5.41) is 2.21. The van der Waals surface area contributed by atoms with Crippen LogP contribution in [0.15, 0.2) is 66.0 Å². The molecule has 192 valence electrons. The van der Waals surface area contributed by atoms with Crippen LogP contribution >= 0.6 is 11.3 Å². The minimum Gasteiger partial charge on any atom is -0.457 e. The van der Waals surface area contributed by atoms with Gasteiger partial charge in [-0.25, -0.2) is 0 Å². The number of para-hydroxylation sites is 1. The molecule has 2 bridgehead atoms. The number of piperidine rings is 1. The topological polar surface area (TPSA) is 87.1 Å². The van der Waals surface area contributed by atoms with Crippen LogP contribution < -0.4 is 4.74 Å². The molecule has 1 aromatic heterocycles. The molecule has 3 atom stereocenters. The van der Waals surface area contributed by atoms with E-state index in [0.29, 0.717) is 11.5 Å². The van der Waals surface area contributed by atoms with Gasteiger partial charge in [-0.15, -0.1) is 11.3 Å². The zero-order chi connectivity index (χ0) is 25.2. The second kappa shape index (κ2) is 10.6. The molecule has 2 aliphatic carbocycles. The van der Waals surface area contributed by atoms with E-state index < -0.39 is 10.4 Å². The average molecular weight is 528 g/mol. The maximum Gasteiger partial charge on any atom is 0.394 e. The van der Waals surface area contributed by atoms with Crippen molar-refractivity contribution in [3.8, 4) is 11.5 Å². The molecule has 0 radical (unpaired) electrons. The van der Waals surface area contributed by atoms with Crippen LogP contribution in [-0.4, -0.2) is 41.6 Å². The monoisotopic (exact) mass is 527 g/mol. The van der Waals surface area contributed by atoms with Crippen LogP contribution in [0.3, 0.4) is 0 Å². The highest BCUT2D eigenvalue weighted by molar-refractivity contribution is 7.79. The molecule has 6 rings (SSSR count). The van der Waals surface area contributed by atoms with Crippen molar-refractivity contribution in [2.45, 2.75) is 56.4 Å². The Hall–Kier alpha value is -2.23. The molecule has 2 N–H and O–H groups in total. The van der Waals surface area contributed by atoms with Gasteiger partial charge in [-0.3, -0.25) is 14.0 Å². The van der Waals surface area contributed by atoms with Gasteiger partial charge in [0, 0.05) is 22.9 Å². The Morgan fingerprint density at radius 3 is 2.56 bits per heavy atom. The number of hydrogen-bond acceptors (Lipinski definition) is 5. The Labute approximate surface area is 217 Å². The Morgan fingerprint density at radius 1 is 1.00 bits per heavy atom. The maximum absolute atomic E-state index is 8.74. The number of thiophene rings is 1. The van der Waals surface area contributed by atoms with Crippen LogP contribution in [0.4, 0.5) is 0 Å². The van der Waals surface area contributed by atoms with Gasteiger partial charge in [0.05, 0.1) is 0 Å². The van der Waals surface area contributed by atoms with Crippen molar-refractivity contribution in [3.63, 3.8) is 0 Å². The highest BCUT2D eigenvalue weighted by Gasteiger charge is 2.53. The lowest BCUT2D eigenvalue weighted by Crippen LogP contribution is -2.61. The normalized spacial score (nSPS) is 25.2. The summed E-state index contributed by atoms with van der Waals surface area (Å²) in [7, 11) is -4.67. The van der Waals surface area contributed by atoms with E-state index in [1.807, 2.05) is 41.7 Å². The smallest absolute Gasteiger partial charge is 0.394 e. The van der Waals surface area contributed by atoms with Crippen molar-refractivity contribution in [1.82, 2.24) is 4.90 Å². The number of nitrogens with zero attached hydrogens (tertiary/aromatic N) is 1. The van der Waals surface area contributed by atoms with Crippen molar-refractivity contribution in [3.05, 3.63) is 82.0 Å². The highest BCUT2D eigenvalue weighted by Crippen LogP contribution is 2.56. The molecular weight excluding hydrogens is 494 g/mol. The molecule has 0 spiro atoms. The van der Waals surface area contributed by atoms with Crippen molar-refractivity contribution in [1.29, 1.82) is 0 Å². The van der Waals surface area contributed by atoms with Gasteiger partial charge in [0.2, 0.25) is 0 Å². The van der Waals surface area contributed by atoms with Gasteiger partial charge in [-0.1, -0.05) is 43.2 Å². The van der Waals surface area contributed by atoms with E-state index in [9.17, 15) is 0 Å². The molecule has 3 aliphatic rings. The van der Waals surface area contributed by atoms with E-state index in [4.69, 9.17) is 22.3 Å². The molecule has 2 heterocycles. The first-order chi connectivity index (χ1) is 17.3. The largest absolute Gasteiger partial charge is 0.457 e. The van der Waals surface area contributed by atoms with E-state index in [1.165, 1.54) is 62.9 Å².